The van der Waals surface area contributed by atoms with Crippen molar-refractivity contribution in [2.24, 2.45) is 0 Å². The molecule has 35 heavy (non-hydrogen) atoms. The summed E-state index contributed by atoms with van der Waals surface area (Å²) in [4.78, 5) is 14.4. The number of nitrogens with zero attached hydrogens (tertiary/aromatic N) is 4. The van der Waals surface area contributed by atoms with E-state index >= 15 is 0 Å². The van der Waals surface area contributed by atoms with E-state index < -0.39 is 0 Å². The molecule has 4 aromatic carbocycles. The van der Waals surface area contributed by atoms with Gasteiger partial charge in [-0.1, -0.05) is 84.9 Å². The van der Waals surface area contributed by atoms with Crippen LogP contribution < -0.4 is 0 Å². The van der Waals surface area contributed by atoms with Gasteiger partial charge in [0.2, 0.25) is 5.78 Å². The number of pyridine rings is 1. The molecular weight excluding hydrogens is 428 g/mol. The fraction of sp³-hybridized carbons (Fsp3) is 0. The zero-order chi connectivity index (χ0) is 23.2. The fourth-order valence-electron chi connectivity index (χ4n) is 4.72. The topological polar surface area (TPSA) is 43.1 Å². The molecule has 0 unspecified atom stereocenters. The minimum absolute atomic E-state index is 0.692. The van der Waals surface area contributed by atoms with E-state index in [1.807, 2.05) is 36.5 Å². The van der Waals surface area contributed by atoms with Gasteiger partial charge in [-0.15, -0.1) is 0 Å². The molecule has 3 heterocycles. The van der Waals surface area contributed by atoms with Gasteiger partial charge in [-0.05, 0) is 47.0 Å². The van der Waals surface area contributed by atoms with E-state index in [2.05, 4.69) is 94.3 Å². The van der Waals surface area contributed by atoms with Crippen LogP contribution in [0.3, 0.4) is 0 Å². The third-order valence-corrected chi connectivity index (χ3v) is 6.45. The van der Waals surface area contributed by atoms with E-state index in [1.165, 1.54) is 0 Å². The van der Waals surface area contributed by atoms with Crippen molar-refractivity contribution in [1.82, 2.24) is 19.4 Å². The van der Waals surface area contributed by atoms with Crippen LogP contribution in [0, 0.1) is 0 Å². The highest BCUT2D eigenvalue weighted by Gasteiger charge is 2.15. The number of benzene rings is 4. The number of imidazole rings is 1. The van der Waals surface area contributed by atoms with Crippen LogP contribution in [0.1, 0.15) is 0 Å². The van der Waals surface area contributed by atoms with Crippen molar-refractivity contribution < 1.29 is 0 Å². The van der Waals surface area contributed by atoms with Gasteiger partial charge in [0.15, 0.2) is 0 Å². The lowest BCUT2D eigenvalue weighted by Gasteiger charge is -2.10. The van der Waals surface area contributed by atoms with Crippen LogP contribution in [0.4, 0.5) is 0 Å². The SMILES string of the molecule is c1ccc(-c2cc(-c3ccccc3)n3c(n2)nc2cc(-c4ccc5cccnc5c4)ccc23)cc1. The van der Waals surface area contributed by atoms with Crippen molar-refractivity contribution in [3.05, 3.63) is 121 Å². The van der Waals surface area contributed by atoms with Gasteiger partial charge in [-0.3, -0.25) is 9.38 Å². The van der Waals surface area contributed by atoms with E-state index in [9.17, 15) is 0 Å². The van der Waals surface area contributed by atoms with Crippen molar-refractivity contribution in [3.63, 3.8) is 0 Å². The smallest absolute Gasteiger partial charge is 0.235 e. The molecule has 0 N–H and O–H groups in total. The van der Waals surface area contributed by atoms with Crippen molar-refractivity contribution in [3.8, 4) is 33.6 Å². The predicted molar refractivity (Wildman–Crippen MR) is 142 cm³/mol. The molecule has 0 amide bonds. The molecule has 0 fully saturated rings. The van der Waals surface area contributed by atoms with Gasteiger partial charge in [0.1, 0.15) is 0 Å². The summed E-state index contributed by atoms with van der Waals surface area (Å²) in [5.41, 5.74) is 9.35. The molecule has 7 aromatic rings. The Bertz CT molecular complexity index is 1840. The highest BCUT2D eigenvalue weighted by Crippen LogP contribution is 2.32. The van der Waals surface area contributed by atoms with Gasteiger partial charge in [0.05, 0.1) is 27.9 Å². The zero-order valence-corrected chi connectivity index (χ0v) is 18.8. The molecular formula is C31H20N4. The number of aromatic nitrogens is 4. The van der Waals surface area contributed by atoms with Crippen LogP contribution in [-0.2, 0) is 0 Å². The molecule has 4 heteroatoms. The monoisotopic (exact) mass is 448 g/mol. The molecule has 0 saturated carbocycles. The summed E-state index contributed by atoms with van der Waals surface area (Å²) < 4.78 is 2.16. The Balaban J connectivity index is 1.46. The first-order chi connectivity index (χ1) is 17.3. The third-order valence-electron chi connectivity index (χ3n) is 6.45. The number of rotatable bonds is 3. The van der Waals surface area contributed by atoms with Crippen LogP contribution in [0.2, 0.25) is 0 Å². The number of hydrogen-bond acceptors (Lipinski definition) is 3. The summed E-state index contributed by atoms with van der Waals surface area (Å²) in [6.45, 7) is 0. The summed E-state index contributed by atoms with van der Waals surface area (Å²) in [7, 11) is 0. The summed E-state index contributed by atoms with van der Waals surface area (Å²) in [6.07, 6.45) is 1.83. The second kappa shape index (κ2) is 7.89. The van der Waals surface area contributed by atoms with Gasteiger partial charge in [-0.25, -0.2) is 9.97 Å². The molecule has 0 aliphatic rings. The maximum atomic E-state index is 4.97. The summed E-state index contributed by atoms with van der Waals surface area (Å²) >= 11 is 0. The lowest BCUT2D eigenvalue weighted by molar-refractivity contribution is 1.14. The lowest BCUT2D eigenvalue weighted by Crippen LogP contribution is -1.97. The van der Waals surface area contributed by atoms with Gasteiger partial charge in [0.25, 0.3) is 0 Å². The minimum Gasteiger partial charge on any atom is -0.276 e. The quantitative estimate of drug-likeness (QED) is 0.282. The normalized spacial score (nSPS) is 11.4. The fourth-order valence-corrected chi connectivity index (χ4v) is 4.72. The molecule has 164 valence electrons. The number of fused-ring (bicyclic) bond motifs is 4. The Hall–Kier alpha value is -4.83. The average molecular weight is 449 g/mol. The molecule has 0 aliphatic heterocycles. The maximum absolute atomic E-state index is 4.97. The maximum Gasteiger partial charge on any atom is 0.235 e. The summed E-state index contributed by atoms with van der Waals surface area (Å²) in [5, 5.41) is 1.13. The standard InChI is InChI=1S/C31H20N4/c1-3-8-21(9-4-1)27-20-30(23-10-5-2-6-11-23)35-29-16-15-25(19-28(29)34-31(35)33-27)24-14-13-22-12-7-17-32-26(22)18-24/h1-20H. The second-order valence-electron chi connectivity index (χ2n) is 8.62. The van der Waals surface area contributed by atoms with E-state index in [0.29, 0.717) is 5.78 Å². The van der Waals surface area contributed by atoms with Crippen LogP contribution in [-0.4, -0.2) is 19.4 Å². The molecule has 0 radical (unpaired) electrons. The molecule has 0 bridgehead atoms. The van der Waals surface area contributed by atoms with E-state index in [4.69, 9.17) is 9.97 Å². The van der Waals surface area contributed by atoms with E-state index in [-0.39, 0.29) is 0 Å². The van der Waals surface area contributed by atoms with E-state index in [0.717, 1.165) is 55.6 Å². The molecule has 0 saturated heterocycles. The Labute approximate surface area is 202 Å². The molecule has 7 rings (SSSR count). The largest absolute Gasteiger partial charge is 0.276 e. The van der Waals surface area contributed by atoms with Gasteiger partial charge < -0.3 is 0 Å². The molecule has 0 atom stereocenters. The Morgan fingerprint density at radius 1 is 0.514 bits per heavy atom. The Morgan fingerprint density at radius 3 is 2.03 bits per heavy atom. The molecule has 4 nitrogen and oxygen atoms in total. The number of hydrogen-bond donors (Lipinski definition) is 0. The van der Waals surface area contributed by atoms with Crippen molar-refractivity contribution >= 4 is 27.7 Å². The first-order valence-electron chi connectivity index (χ1n) is 11.6. The van der Waals surface area contributed by atoms with Crippen molar-refractivity contribution in [2.75, 3.05) is 0 Å². The van der Waals surface area contributed by atoms with E-state index in [1.54, 1.807) is 0 Å². The Morgan fingerprint density at radius 2 is 1.23 bits per heavy atom. The van der Waals surface area contributed by atoms with Crippen LogP contribution in [0.15, 0.2) is 121 Å². The van der Waals surface area contributed by atoms with Crippen LogP contribution in [0.5, 0.6) is 0 Å². The molecule has 0 aliphatic carbocycles. The predicted octanol–water partition coefficient (Wildman–Crippen LogP) is 7.43. The van der Waals surface area contributed by atoms with Gasteiger partial charge in [-0.2, -0.15) is 0 Å². The highest BCUT2D eigenvalue weighted by atomic mass is 15.1. The molecule has 3 aromatic heterocycles. The van der Waals surface area contributed by atoms with Crippen molar-refractivity contribution in [2.45, 2.75) is 0 Å². The highest BCUT2D eigenvalue weighted by molar-refractivity contribution is 5.90. The summed E-state index contributed by atoms with van der Waals surface area (Å²) in [5.74, 6) is 0.692. The average Bonchev–Trinajstić information content (AvgIpc) is 3.31. The minimum atomic E-state index is 0.692. The van der Waals surface area contributed by atoms with Crippen molar-refractivity contribution in [1.29, 1.82) is 0 Å². The summed E-state index contributed by atoms with van der Waals surface area (Å²) in [6, 6.07) is 39.7. The Kier molecular flexibility index (Phi) is 4.42. The van der Waals surface area contributed by atoms with Gasteiger partial charge in [0, 0.05) is 17.1 Å². The lowest BCUT2D eigenvalue weighted by atomic mass is 10.0. The van der Waals surface area contributed by atoms with Gasteiger partial charge >= 0.3 is 0 Å². The van der Waals surface area contributed by atoms with Crippen LogP contribution >= 0.6 is 0 Å². The van der Waals surface area contributed by atoms with Crippen LogP contribution in [0.25, 0.3) is 61.4 Å². The third kappa shape index (κ3) is 3.35. The first-order valence-corrected chi connectivity index (χ1v) is 11.6. The first kappa shape index (κ1) is 19.6. The zero-order valence-electron chi connectivity index (χ0n) is 18.8. The molecule has 0 spiro atoms. The second-order valence-corrected chi connectivity index (χ2v) is 8.62.